The summed E-state index contributed by atoms with van der Waals surface area (Å²) < 4.78 is 7.21. The summed E-state index contributed by atoms with van der Waals surface area (Å²) in [6, 6.07) is 6.06. The van der Waals surface area contributed by atoms with Crippen molar-refractivity contribution in [2.45, 2.75) is 19.9 Å². The summed E-state index contributed by atoms with van der Waals surface area (Å²) in [6.07, 6.45) is 0. The fraction of sp³-hybridized carbons (Fsp3) is 0.333. The Bertz CT molecular complexity index is 489. The monoisotopic (exact) mass is 333 g/mol. The lowest BCUT2D eigenvalue weighted by Crippen LogP contribution is -2.20. The summed E-state index contributed by atoms with van der Waals surface area (Å²) in [5.41, 5.74) is 1.11. The summed E-state index contributed by atoms with van der Waals surface area (Å²) in [7, 11) is 0. The zero-order chi connectivity index (χ0) is 12.4. The molecule has 0 saturated carbocycles. The summed E-state index contributed by atoms with van der Waals surface area (Å²) in [6.45, 7) is 4.97. The first-order chi connectivity index (χ1) is 8.11. The Hall–Kier alpha value is -0.290. The highest BCUT2D eigenvalue weighted by atomic mass is 79.9. The summed E-state index contributed by atoms with van der Waals surface area (Å²) >= 11 is 11.0. The third kappa shape index (κ3) is 2.94. The number of nitrogens with one attached hydrogen (secondary N) is 1. The van der Waals surface area contributed by atoms with Crippen LogP contribution in [-0.4, -0.2) is 6.54 Å². The average molecular weight is 335 g/mol. The van der Waals surface area contributed by atoms with Gasteiger partial charge in [-0.2, -0.15) is 0 Å². The van der Waals surface area contributed by atoms with Crippen molar-refractivity contribution in [1.29, 1.82) is 0 Å². The maximum atomic E-state index is 6.12. The van der Waals surface area contributed by atoms with Gasteiger partial charge < -0.3 is 9.73 Å². The van der Waals surface area contributed by atoms with Crippen molar-refractivity contribution in [3.63, 3.8) is 0 Å². The van der Waals surface area contributed by atoms with Gasteiger partial charge in [0.2, 0.25) is 0 Å². The molecule has 0 radical (unpaired) electrons. The van der Waals surface area contributed by atoms with Crippen LogP contribution in [0.15, 0.2) is 27.3 Å². The van der Waals surface area contributed by atoms with Crippen molar-refractivity contribution in [3.8, 4) is 0 Å². The first kappa shape index (κ1) is 13.1. The standard InChI is InChI=1S/C12H13BrClNOS/c1-3-15-11(8-4-5-10(13)16-8)9-6-7(2)12(14)17-9/h4-6,11,15H,3H2,1-2H3. The van der Waals surface area contributed by atoms with E-state index < -0.39 is 0 Å². The molecule has 2 rings (SSSR count). The van der Waals surface area contributed by atoms with Gasteiger partial charge in [-0.15, -0.1) is 11.3 Å². The Morgan fingerprint density at radius 2 is 2.29 bits per heavy atom. The SMILES string of the molecule is CCNC(c1ccc(Br)o1)c1cc(C)c(Cl)s1. The molecule has 5 heteroatoms. The molecule has 0 fully saturated rings. The highest BCUT2D eigenvalue weighted by Crippen LogP contribution is 2.35. The topological polar surface area (TPSA) is 25.2 Å². The lowest BCUT2D eigenvalue weighted by Gasteiger charge is -2.13. The van der Waals surface area contributed by atoms with Gasteiger partial charge in [-0.25, -0.2) is 0 Å². The van der Waals surface area contributed by atoms with Crippen molar-refractivity contribution < 1.29 is 4.42 Å². The Kier molecular flexibility index (Phi) is 4.31. The maximum Gasteiger partial charge on any atom is 0.169 e. The van der Waals surface area contributed by atoms with Crippen LogP contribution in [0.3, 0.4) is 0 Å². The van der Waals surface area contributed by atoms with Crippen LogP contribution in [0.4, 0.5) is 0 Å². The van der Waals surface area contributed by atoms with Crippen LogP contribution in [-0.2, 0) is 0 Å². The third-order valence-electron chi connectivity index (χ3n) is 2.45. The van der Waals surface area contributed by atoms with Crippen LogP contribution >= 0.6 is 38.9 Å². The van der Waals surface area contributed by atoms with Crippen LogP contribution in [0, 0.1) is 6.92 Å². The van der Waals surface area contributed by atoms with Gasteiger partial charge in [0, 0.05) is 4.88 Å². The number of hydrogen-bond donors (Lipinski definition) is 1. The molecule has 1 unspecified atom stereocenters. The van der Waals surface area contributed by atoms with Crippen LogP contribution in [0.2, 0.25) is 4.34 Å². The van der Waals surface area contributed by atoms with Crippen molar-refractivity contribution >= 4 is 38.9 Å². The highest BCUT2D eigenvalue weighted by molar-refractivity contribution is 9.10. The second-order valence-corrected chi connectivity index (χ2v) is 6.21. The van der Waals surface area contributed by atoms with Crippen molar-refractivity contribution in [1.82, 2.24) is 5.32 Å². The van der Waals surface area contributed by atoms with Crippen LogP contribution in [0.1, 0.15) is 29.2 Å². The number of aryl methyl sites for hydroxylation is 1. The molecule has 0 aliphatic carbocycles. The molecule has 0 saturated heterocycles. The van der Waals surface area contributed by atoms with E-state index in [1.807, 2.05) is 19.1 Å². The lowest BCUT2D eigenvalue weighted by molar-refractivity contribution is 0.440. The summed E-state index contributed by atoms with van der Waals surface area (Å²) in [5, 5.41) is 3.41. The molecule has 2 heterocycles. The van der Waals surface area contributed by atoms with E-state index >= 15 is 0 Å². The van der Waals surface area contributed by atoms with Gasteiger partial charge in [-0.1, -0.05) is 18.5 Å². The fourth-order valence-electron chi connectivity index (χ4n) is 1.65. The first-order valence-corrected chi connectivity index (χ1v) is 7.35. The minimum absolute atomic E-state index is 0.0718. The van der Waals surface area contributed by atoms with E-state index in [1.54, 1.807) is 11.3 Å². The van der Waals surface area contributed by atoms with Gasteiger partial charge in [0.1, 0.15) is 11.8 Å². The summed E-state index contributed by atoms with van der Waals surface area (Å²) in [5.74, 6) is 0.900. The van der Waals surface area contributed by atoms with E-state index in [1.165, 1.54) is 4.88 Å². The number of rotatable bonds is 4. The van der Waals surface area contributed by atoms with E-state index in [-0.39, 0.29) is 6.04 Å². The third-order valence-corrected chi connectivity index (χ3v) is 4.49. The second-order valence-electron chi connectivity index (χ2n) is 3.74. The van der Waals surface area contributed by atoms with E-state index in [0.717, 1.165) is 26.9 Å². The van der Waals surface area contributed by atoms with Gasteiger partial charge in [-0.3, -0.25) is 0 Å². The van der Waals surface area contributed by atoms with Gasteiger partial charge in [-0.05, 0) is 53.2 Å². The first-order valence-electron chi connectivity index (χ1n) is 5.36. The molecule has 0 spiro atoms. The van der Waals surface area contributed by atoms with Crippen LogP contribution in [0.25, 0.3) is 0 Å². The number of thiophene rings is 1. The molecule has 0 aromatic carbocycles. The largest absolute Gasteiger partial charge is 0.452 e. The highest BCUT2D eigenvalue weighted by Gasteiger charge is 2.19. The van der Waals surface area contributed by atoms with E-state index in [2.05, 4.69) is 34.2 Å². The van der Waals surface area contributed by atoms with Crippen LogP contribution < -0.4 is 5.32 Å². The van der Waals surface area contributed by atoms with Gasteiger partial charge >= 0.3 is 0 Å². The Labute approximate surface area is 118 Å². The quantitative estimate of drug-likeness (QED) is 0.871. The lowest BCUT2D eigenvalue weighted by atomic mass is 10.1. The van der Waals surface area contributed by atoms with Gasteiger partial charge in [0.25, 0.3) is 0 Å². The molecule has 17 heavy (non-hydrogen) atoms. The normalized spacial score (nSPS) is 12.9. The molecule has 0 aliphatic rings. The molecule has 0 bridgehead atoms. The molecule has 0 aliphatic heterocycles. The Morgan fingerprint density at radius 3 is 2.76 bits per heavy atom. The van der Waals surface area contributed by atoms with Crippen molar-refractivity contribution in [2.24, 2.45) is 0 Å². The minimum atomic E-state index is 0.0718. The zero-order valence-corrected chi connectivity index (χ0v) is 12.7. The summed E-state index contributed by atoms with van der Waals surface area (Å²) in [4.78, 5) is 1.18. The van der Waals surface area contributed by atoms with E-state index in [0.29, 0.717) is 0 Å². The minimum Gasteiger partial charge on any atom is -0.452 e. The average Bonchev–Trinajstić information content (AvgIpc) is 2.83. The van der Waals surface area contributed by atoms with Crippen LogP contribution in [0.5, 0.6) is 0 Å². The molecule has 2 nitrogen and oxygen atoms in total. The predicted molar refractivity (Wildman–Crippen MR) is 76.0 cm³/mol. The molecular formula is C12H13BrClNOS. The Balaban J connectivity index is 2.34. The van der Waals surface area contributed by atoms with Gasteiger partial charge in [0.05, 0.1) is 4.34 Å². The number of halogens is 2. The molecule has 0 amide bonds. The maximum absolute atomic E-state index is 6.12. The van der Waals surface area contributed by atoms with Gasteiger partial charge in [0.15, 0.2) is 4.67 Å². The smallest absolute Gasteiger partial charge is 0.169 e. The Morgan fingerprint density at radius 1 is 1.53 bits per heavy atom. The molecular weight excluding hydrogens is 322 g/mol. The van der Waals surface area contributed by atoms with Crippen molar-refractivity contribution in [2.75, 3.05) is 6.54 Å². The molecule has 1 atom stereocenters. The fourth-order valence-corrected chi connectivity index (χ4v) is 3.28. The van der Waals surface area contributed by atoms with E-state index in [9.17, 15) is 0 Å². The zero-order valence-electron chi connectivity index (χ0n) is 9.59. The van der Waals surface area contributed by atoms with E-state index in [4.69, 9.17) is 16.0 Å². The second kappa shape index (κ2) is 5.57. The number of furan rings is 1. The van der Waals surface area contributed by atoms with Crippen molar-refractivity contribution in [3.05, 3.63) is 43.4 Å². The molecule has 2 aromatic rings. The molecule has 92 valence electrons. The molecule has 1 N–H and O–H groups in total. The number of hydrogen-bond acceptors (Lipinski definition) is 3. The molecule has 2 aromatic heterocycles. The predicted octanol–water partition coefficient (Wildman–Crippen LogP) is 4.76.